The number of ether oxygens (including phenoxy) is 1. The summed E-state index contributed by atoms with van der Waals surface area (Å²) >= 11 is 0. The van der Waals surface area contributed by atoms with Gasteiger partial charge in [-0.1, -0.05) is 6.58 Å². The van der Waals surface area contributed by atoms with E-state index in [1.807, 2.05) is 6.92 Å². The van der Waals surface area contributed by atoms with Gasteiger partial charge < -0.3 is 19.5 Å². The molecule has 1 saturated heterocycles. The van der Waals surface area contributed by atoms with Crippen molar-refractivity contribution in [2.75, 3.05) is 26.8 Å². The minimum Gasteiger partial charge on any atom is -0.385 e. The van der Waals surface area contributed by atoms with Gasteiger partial charge in [0.2, 0.25) is 5.91 Å². The van der Waals surface area contributed by atoms with Gasteiger partial charge in [-0.2, -0.15) is 0 Å². The normalized spacial score (nSPS) is 21.3. The predicted molar refractivity (Wildman–Crippen MR) is 108 cm³/mol. The first-order valence-corrected chi connectivity index (χ1v) is 9.57. The van der Waals surface area contributed by atoms with Gasteiger partial charge in [-0.15, -0.1) is 0 Å². The Bertz CT molecular complexity index is 976. The minimum atomic E-state index is -0.688. The average Bonchev–Trinajstić information content (AvgIpc) is 3.29. The third-order valence-corrected chi connectivity index (χ3v) is 5.51. The highest BCUT2D eigenvalue weighted by Gasteiger charge is 2.50. The number of H-pyrrole nitrogens is 1. The topological polar surface area (TPSA) is 92.5 Å². The van der Waals surface area contributed by atoms with Crippen LogP contribution < -0.4 is 0 Å². The van der Waals surface area contributed by atoms with Crippen molar-refractivity contribution in [2.45, 2.75) is 31.7 Å². The monoisotopic (exact) mass is 395 g/mol. The number of carbonyl (C=O) groups excluding carboxylic acids is 2. The molecule has 0 aromatic carbocycles. The summed E-state index contributed by atoms with van der Waals surface area (Å²) in [4.78, 5) is 42.0. The lowest BCUT2D eigenvalue weighted by molar-refractivity contribution is -0.125. The number of aromatic nitrogens is 3. The molecule has 2 aromatic rings. The van der Waals surface area contributed by atoms with Crippen molar-refractivity contribution in [2.24, 2.45) is 5.92 Å². The van der Waals surface area contributed by atoms with Gasteiger partial charge >= 0.3 is 0 Å². The summed E-state index contributed by atoms with van der Waals surface area (Å²) in [7, 11) is 1.61. The fourth-order valence-electron chi connectivity index (χ4n) is 3.75. The maximum Gasteiger partial charge on any atom is 0.251 e. The van der Waals surface area contributed by atoms with Crippen molar-refractivity contribution in [3.63, 3.8) is 0 Å². The van der Waals surface area contributed by atoms with Crippen molar-refractivity contribution < 1.29 is 14.3 Å². The molecule has 1 aliphatic heterocycles. The molecule has 1 amide bonds. The number of carbonyl (C=O) groups is 2. The molecule has 1 N–H and O–H groups in total. The second-order valence-corrected chi connectivity index (χ2v) is 7.57. The third-order valence-electron chi connectivity index (χ3n) is 5.51. The number of amides is 1. The highest BCUT2D eigenvalue weighted by atomic mass is 16.5. The van der Waals surface area contributed by atoms with E-state index < -0.39 is 5.54 Å². The molecule has 2 atom stereocenters. The minimum absolute atomic E-state index is 0.00522. The standard InChI is InChI=1S/C21H25N5O3/c1-5-18(28)26-12-14(21(2,13-26)22-3)9-15-10-23-20-19(25-15)16(11-24-20)17(27)7-6-8-29-4/h5,10-11,14H,1,6-9,12-13H2,2,4H3,(H,23,24)/t14-,21+/m0/s1. The van der Waals surface area contributed by atoms with E-state index >= 15 is 0 Å². The fraction of sp³-hybridized carbons (Fsp3) is 0.476. The van der Waals surface area contributed by atoms with Crippen LogP contribution >= 0.6 is 0 Å². The molecule has 0 radical (unpaired) electrons. The quantitative estimate of drug-likeness (QED) is 0.321. The number of ketones is 1. The first-order valence-electron chi connectivity index (χ1n) is 9.57. The molecule has 3 heterocycles. The van der Waals surface area contributed by atoms with Crippen LogP contribution in [-0.4, -0.2) is 63.9 Å². The van der Waals surface area contributed by atoms with Gasteiger partial charge in [-0.25, -0.2) is 16.5 Å². The van der Waals surface area contributed by atoms with E-state index in [2.05, 4.69) is 26.4 Å². The molecule has 8 nitrogen and oxygen atoms in total. The lowest BCUT2D eigenvalue weighted by Crippen LogP contribution is -2.33. The Balaban J connectivity index is 1.82. The Hall–Kier alpha value is -3.05. The van der Waals surface area contributed by atoms with E-state index in [1.165, 1.54) is 6.08 Å². The summed E-state index contributed by atoms with van der Waals surface area (Å²) in [6, 6.07) is 0. The number of aromatic amines is 1. The Kier molecular flexibility index (Phi) is 6.09. The molecule has 0 aliphatic carbocycles. The number of hydrogen-bond acceptors (Lipinski definition) is 5. The Labute approximate surface area is 169 Å². The van der Waals surface area contributed by atoms with Gasteiger partial charge in [0.05, 0.1) is 29.9 Å². The summed E-state index contributed by atoms with van der Waals surface area (Å²) in [6.45, 7) is 14.4. The molecule has 152 valence electrons. The lowest BCUT2D eigenvalue weighted by Gasteiger charge is -2.17. The van der Waals surface area contributed by atoms with Gasteiger partial charge in [-0.05, 0) is 12.5 Å². The number of hydrogen-bond donors (Lipinski definition) is 1. The smallest absolute Gasteiger partial charge is 0.251 e. The zero-order valence-electron chi connectivity index (χ0n) is 16.8. The van der Waals surface area contributed by atoms with Gasteiger partial charge in [0.25, 0.3) is 5.54 Å². The van der Waals surface area contributed by atoms with Gasteiger partial charge in [0.15, 0.2) is 11.4 Å². The maximum atomic E-state index is 12.5. The van der Waals surface area contributed by atoms with E-state index in [0.717, 1.165) is 0 Å². The third kappa shape index (κ3) is 4.20. The van der Waals surface area contributed by atoms with Gasteiger partial charge in [0.1, 0.15) is 5.52 Å². The average molecular weight is 395 g/mol. The molecule has 2 aromatic heterocycles. The van der Waals surface area contributed by atoms with Crippen molar-refractivity contribution >= 4 is 22.9 Å². The van der Waals surface area contributed by atoms with E-state index in [9.17, 15) is 9.59 Å². The van der Waals surface area contributed by atoms with Gasteiger partial charge in [0, 0.05) is 46.2 Å². The van der Waals surface area contributed by atoms with Crippen molar-refractivity contribution in [3.05, 3.63) is 47.7 Å². The first kappa shape index (κ1) is 20.7. The highest BCUT2D eigenvalue weighted by Crippen LogP contribution is 2.34. The number of Topliss-reactive ketones (excluding diaryl/α,β-unsaturated/α-hetero) is 1. The van der Waals surface area contributed by atoms with Crippen LogP contribution in [0.3, 0.4) is 0 Å². The van der Waals surface area contributed by atoms with Crippen LogP contribution in [0.25, 0.3) is 16.0 Å². The van der Waals surface area contributed by atoms with Crippen LogP contribution in [-0.2, 0) is 16.0 Å². The SMILES string of the molecule is [C-]#[N+][C@]1(C)CN(C(=O)C=C)C[C@@H]1Cc1cnc2[nH]cc(C(=O)CCCOC)c2n1. The number of nitrogens with zero attached hydrogens (tertiary/aromatic N) is 4. The van der Waals surface area contributed by atoms with Gasteiger partial charge in [-0.3, -0.25) is 9.59 Å². The Morgan fingerprint density at radius 1 is 1.55 bits per heavy atom. The summed E-state index contributed by atoms with van der Waals surface area (Å²) in [5.41, 5.74) is 1.65. The molecular weight excluding hydrogens is 370 g/mol. The molecule has 1 aliphatic rings. The van der Waals surface area contributed by atoms with E-state index in [0.29, 0.717) is 61.4 Å². The molecule has 0 unspecified atom stereocenters. The highest BCUT2D eigenvalue weighted by molar-refractivity contribution is 6.05. The van der Waals surface area contributed by atoms with Crippen molar-refractivity contribution in [3.8, 4) is 0 Å². The summed E-state index contributed by atoms with van der Waals surface area (Å²) in [6.07, 6.45) is 6.12. The number of rotatable bonds is 8. The Morgan fingerprint density at radius 2 is 2.34 bits per heavy atom. The molecule has 1 fully saturated rings. The van der Waals surface area contributed by atoms with E-state index in [1.54, 1.807) is 24.4 Å². The molecular formula is C21H25N5O3. The number of likely N-dealkylation sites (tertiary alicyclic amines) is 1. The predicted octanol–water partition coefficient (Wildman–Crippen LogP) is 2.43. The fourth-order valence-corrected chi connectivity index (χ4v) is 3.75. The van der Waals surface area contributed by atoms with Crippen LogP contribution in [0.2, 0.25) is 0 Å². The summed E-state index contributed by atoms with van der Waals surface area (Å²) in [5, 5.41) is 0. The summed E-state index contributed by atoms with van der Waals surface area (Å²) < 4.78 is 5.01. The van der Waals surface area contributed by atoms with Crippen LogP contribution in [0.4, 0.5) is 0 Å². The maximum absolute atomic E-state index is 12.5. The largest absolute Gasteiger partial charge is 0.385 e. The van der Waals surface area contributed by atoms with Crippen LogP contribution in [0, 0.1) is 12.5 Å². The van der Waals surface area contributed by atoms with E-state index in [-0.39, 0.29) is 17.6 Å². The lowest BCUT2D eigenvalue weighted by atomic mass is 9.86. The second-order valence-electron chi connectivity index (χ2n) is 7.57. The van der Waals surface area contributed by atoms with Crippen LogP contribution in [0.15, 0.2) is 25.0 Å². The van der Waals surface area contributed by atoms with E-state index in [4.69, 9.17) is 11.3 Å². The molecule has 29 heavy (non-hydrogen) atoms. The zero-order chi connectivity index (χ0) is 21.0. The van der Waals surface area contributed by atoms with Crippen LogP contribution in [0.5, 0.6) is 0 Å². The van der Waals surface area contributed by atoms with Crippen LogP contribution in [0.1, 0.15) is 35.8 Å². The molecule has 0 saturated carbocycles. The Morgan fingerprint density at radius 3 is 3.03 bits per heavy atom. The molecule has 8 heteroatoms. The molecule has 0 spiro atoms. The first-order chi connectivity index (χ1) is 13.9. The van der Waals surface area contributed by atoms with Crippen molar-refractivity contribution in [1.29, 1.82) is 0 Å². The summed E-state index contributed by atoms with van der Waals surface area (Å²) in [5.74, 6) is -0.247. The second kappa shape index (κ2) is 8.53. The number of fused-ring (bicyclic) bond motifs is 1. The number of methoxy groups -OCH3 is 1. The molecule has 0 bridgehead atoms. The zero-order valence-corrected chi connectivity index (χ0v) is 16.8. The number of nitrogens with one attached hydrogen (secondary N) is 1. The van der Waals surface area contributed by atoms with Crippen molar-refractivity contribution in [1.82, 2.24) is 19.9 Å². The molecule has 3 rings (SSSR count).